The van der Waals surface area contributed by atoms with Crippen molar-refractivity contribution in [1.29, 1.82) is 0 Å². The number of ether oxygens (including phenoxy) is 2. The highest BCUT2D eigenvalue weighted by Crippen LogP contribution is 2.38. The maximum absolute atomic E-state index is 12.7. The van der Waals surface area contributed by atoms with Crippen molar-refractivity contribution in [2.24, 2.45) is 0 Å². The average molecular weight is 421 g/mol. The first-order chi connectivity index (χ1) is 13.4. The molecule has 3 rings (SSSR count). The molecule has 0 saturated carbocycles. The third-order valence-electron chi connectivity index (χ3n) is 4.44. The Labute approximate surface area is 173 Å². The highest BCUT2D eigenvalue weighted by Gasteiger charge is 2.30. The Balaban J connectivity index is 1.68. The summed E-state index contributed by atoms with van der Waals surface area (Å²) in [6, 6.07) is 10.9. The number of anilines is 1. The Kier molecular flexibility index (Phi) is 6.36. The highest BCUT2D eigenvalue weighted by atomic mass is 35.5. The lowest BCUT2D eigenvalue weighted by atomic mass is 10.1. The van der Waals surface area contributed by atoms with E-state index in [1.807, 2.05) is 18.2 Å². The number of para-hydroxylation sites is 1. The number of nitrogens with zero attached hydrogens (tertiary/aromatic N) is 1. The summed E-state index contributed by atoms with van der Waals surface area (Å²) in [5, 5.41) is 2.89. The summed E-state index contributed by atoms with van der Waals surface area (Å²) in [6.07, 6.45) is 0.0986. The summed E-state index contributed by atoms with van der Waals surface area (Å²) in [6.45, 7) is 0.352. The van der Waals surface area contributed by atoms with Crippen LogP contribution in [0, 0.1) is 0 Å². The number of hydrogen-bond acceptors (Lipinski definition) is 5. The average Bonchev–Trinajstić information content (AvgIpc) is 2.68. The van der Waals surface area contributed by atoms with Crippen LogP contribution in [0.3, 0.4) is 0 Å². The van der Waals surface area contributed by atoms with Crippen molar-refractivity contribution in [3.05, 3.63) is 47.0 Å². The Hall–Kier alpha value is -2.38. The number of nitrogens with one attached hydrogen (secondary N) is 1. The summed E-state index contributed by atoms with van der Waals surface area (Å²) >= 11 is 7.35. The van der Waals surface area contributed by atoms with E-state index in [-0.39, 0.29) is 18.2 Å². The van der Waals surface area contributed by atoms with Gasteiger partial charge in [0.2, 0.25) is 11.8 Å². The summed E-state index contributed by atoms with van der Waals surface area (Å²) in [5.74, 6) is 0.883. The lowest BCUT2D eigenvalue weighted by Gasteiger charge is -2.26. The third kappa shape index (κ3) is 4.36. The van der Waals surface area contributed by atoms with Crippen molar-refractivity contribution in [3.8, 4) is 11.5 Å². The first-order valence-corrected chi connectivity index (χ1v) is 9.89. The fraction of sp³-hybridized carbons (Fsp3) is 0.300. The van der Waals surface area contributed by atoms with E-state index in [1.54, 1.807) is 44.4 Å². The smallest absolute Gasteiger partial charge is 0.238 e. The lowest BCUT2D eigenvalue weighted by molar-refractivity contribution is -0.131. The molecule has 1 aliphatic rings. The molecule has 1 aliphatic heterocycles. The van der Waals surface area contributed by atoms with Gasteiger partial charge in [0.25, 0.3) is 0 Å². The molecule has 2 amide bonds. The molecule has 0 aromatic heterocycles. The molecule has 2 aromatic carbocycles. The fourth-order valence-corrected chi connectivity index (χ4v) is 4.25. The number of rotatable bonds is 6. The molecule has 148 valence electrons. The number of carbonyl (C=O) groups is 2. The van der Waals surface area contributed by atoms with Crippen LogP contribution in [0.2, 0.25) is 5.02 Å². The third-order valence-corrected chi connectivity index (χ3v) is 5.95. The molecule has 0 spiro atoms. The van der Waals surface area contributed by atoms with Gasteiger partial charge in [-0.2, -0.15) is 0 Å². The Morgan fingerprint density at radius 2 is 2.04 bits per heavy atom. The monoisotopic (exact) mass is 420 g/mol. The van der Waals surface area contributed by atoms with Crippen molar-refractivity contribution < 1.29 is 19.1 Å². The first-order valence-electron chi connectivity index (χ1n) is 8.63. The molecule has 0 bridgehead atoms. The van der Waals surface area contributed by atoms with E-state index in [0.717, 1.165) is 10.5 Å². The second kappa shape index (κ2) is 8.75. The zero-order valence-corrected chi connectivity index (χ0v) is 17.4. The second-order valence-electron chi connectivity index (χ2n) is 6.34. The van der Waals surface area contributed by atoms with Gasteiger partial charge >= 0.3 is 0 Å². The summed E-state index contributed by atoms with van der Waals surface area (Å²) < 4.78 is 10.7. The zero-order valence-electron chi connectivity index (χ0n) is 15.8. The molecule has 1 N–H and O–H groups in total. The fourth-order valence-electron chi connectivity index (χ4n) is 2.99. The normalized spacial score (nSPS) is 15.4. The van der Waals surface area contributed by atoms with Gasteiger partial charge in [-0.1, -0.05) is 23.7 Å². The summed E-state index contributed by atoms with van der Waals surface area (Å²) in [4.78, 5) is 27.6. The van der Waals surface area contributed by atoms with Crippen molar-refractivity contribution >= 4 is 40.9 Å². The van der Waals surface area contributed by atoms with Crippen LogP contribution in [0.4, 0.5) is 5.69 Å². The standard InChI is InChI=1S/C20H21ClN2O4S/c1-23(11-12-5-4-6-15(26-2)19(12)27-3)18(24)10-17-20(25)22-14-9-13(21)7-8-16(14)28-17/h4-9,17H,10-11H2,1-3H3,(H,22,25)/t17-/m0/s1. The topological polar surface area (TPSA) is 67.9 Å². The number of hydrogen-bond donors (Lipinski definition) is 1. The minimum Gasteiger partial charge on any atom is -0.493 e. The van der Waals surface area contributed by atoms with Crippen LogP contribution in [0.25, 0.3) is 0 Å². The molecular weight excluding hydrogens is 400 g/mol. The molecule has 0 aliphatic carbocycles. The summed E-state index contributed by atoms with van der Waals surface area (Å²) in [5.41, 5.74) is 1.51. The molecule has 28 heavy (non-hydrogen) atoms. The SMILES string of the molecule is COc1cccc(CN(C)C(=O)C[C@@H]2Sc3ccc(Cl)cc3NC2=O)c1OC. The largest absolute Gasteiger partial charge is 0.493 e. The van der Waals surface area contributed by atoms with Crippen LogP contribution >= 0.6 is 23.4 Å². The molecule has 2 aromatic rings. The highest BCUT2D eigenvalue weighted by molar-refractivity contribution is 8.01. The molecule has 1 atom stereocenters. The number of fused-ring (bicyclic) bond motifs is 1. The van der Waals surface area contributed by atoms with Crippen molar-refractivity contribution in [2.75, 3.05) is 26.6 Å². The molecule has 0 radical (unpaired) electrons. The van der Waals surface area contributed by atoms with Gasteiger partial charge in [0.15, 0.2) is 11.5 Å². The molecule has 1 heterocycles. The quantitative estimate of drug-likeness (QED) is 0.769. The van der Waals surface area contributed by atoms with Crippen LogP contribution in [0.1, 0.15) is 12.0 Å². The van der Waals surface area contributed by atoms with Crippen molar-refractivity contribution in [1.82, 2.24) is 4.90 Å². The van der Waals surface area contributed by atoms with Gasteiger partial charge in [-0.05, 0) is 24.3 Å². The number of carbonyl (C=O) groups excluding carboxylic acids is 2. The number of amides is 2. The van der Waals surface area contributed by atoms with Gasteiger partial charge in [0, 0.05) is 35.5 Å². The molecule has 8 heteroatoms. The van der Waals surface area contributed by atoms with Gasteiger partial charge in [0.1, 0.15) is 0 Å². The van der Waals surface area contributed by atoms with Gasteiger partial charge < -0.3 is 19.7 Å². The van der Waals surface area contributed by atoms with Crippen LogP contribution < -0.4 is 14.8 Å². The Morgan fingerprint density at radius 3 is 2.75 bits per heavy atom. The van der Waals surface area contributed by atoms with Crippen molar-refractivity contribution in [2.45, 2.75) is 23.1 Å². The molecular formula is C20H21ClN2O4S. The lowest BCUT2D eigenvalue weighted by Crippen LogP contribution is -2.35. The van der Waals surface area contributed by atoms with Gasteiger partial charge in [-0.25, -0.2) is 0 Å². The number of benzene rings is 2. The van der Waals surface area contributed by atoms with E-state index in [0.29, 0.717) is 28.8 Å². The first kappa shape index (κ1) is 20.4. The van der Waals surface area contributed by atoms with Gasteiger partial charge in [-0.15, -0.1) is 11.8 Å². The Morgan fingerprint density at radius 1 is 1.25 bits per heavy atom. The predicted octanol–water partition coefficient (Wildman–Crippen LogP) is 3.82. The second-order valence-corrected chi connectivity index (χ2v) is 8.02. The van der Waals surface area contributed by atoms with Crippen molar-refractivity contribution in [3.63, 3.8) is 0 Å². The van der Waals surface area contributed by atoms with Crippen LogP contribution in [0.5, 0.6) is 11.5 Å². The number of thioether (sulfide) groups is 1. The van der Waals surface area contributed by atoms with E-state index >= 15 is 0 Å². The van der Waals surface area contributed by atoms with E-state index in [4.69, 9.17) is 21.1 Å². The minimum atomic E-state index is -0.490. The predicted molar refractivity (Wildman–Crippen MR) is 110 cm³/mol. The maximum Gasteiger partial charge on any atom is 0.238 e. The molecule has 0 fully saturated rings. The van der Waals surface area contributed by atoms with E-state index in [9.17, 15) is 9.59 Å². The van der Waals surface area contributed by atoms with Crippen LogP contribution in [-0.4, -0.2) is 43.2 Å². The summed E-state index contributed by atoms with van der Waals surface area (Å²) in [7, 11) is 4.84. The zero-order chi connectivity index (χ0) is 20.3. The number of halogens is 1. The van der Waals surface area contributed by atoms with Gasteiger partial charge in [-0.3, -0.25) is 9.59 Å². The number of methoxy groups -OCH3 is 2. The Bertz CT molecular complexity index is 906. The molecule has 0 saturated heterocycles. The molecule has 6 nitrogen and oxygen atoms in total. The van der Waals surface area contributed by atoms with E-state index in [2.05, 4.69) is 5.32 Å². The molecule has 0 unspecified atom stereocenters. The van der Waals surface area contributed by atoms with E-state index < -0.39 is 5.25 Å². The van der Waals surface area contributed by atoms with E-state index in [1.165, 1.54) is 11.8 Å². The van der Waals surface area contributed by atoms with Crippen LogP contribution in [-0.2, 0) is 16.1 Å². The van der Waals surface area contributed by atoms with Crippen LogP contribution in [0.15, 0.2) is 41.3 Å². The minimum absolute atomic E-state index is 0.0986. The maximum atomic E-state index is 12.7. The van der Waals surface area contributed by atoms with Gasteiger partial charge in [0.05, 0.1) is 25.2 Å².